The number of benzene rings is 8. The van der Waals surface area contributed by atoms with Crippen LogP contribution in [-0.4, -0.2) is 16.1 Å². The molecule has 0 amide bonds. The number of pyridine rings is 4. The van der Waals surface area contributed by atoms with Crippen LogP contribution in [0.4, 0.5) is 0 Å². The summed E-state index contributed by atoms with van der Waals surface area (Å²) in [6.07, 6.45) is 8.15. The summed E-state index contributed by atoms with van der Waals surface area (Å²) in [5.74, 6) is 0. The number of aryl methyl sites for hydroxylation is 16. The van der Waals surface area contributed by atoms with Gasteiger partial charge < -0.3 is 0 Å². The van der Waals surface area contributed by atoms with Crippen LogP contribution in [0, 0.1) is 82.7 Å². The van der Waals surface area contributed by atoms with Crippen LogP contribution in [0.3, 0.4) is 0 Å². The van der Waals surface area contributed by atoms with Gasteiger partial charge in [0.25, 0.3) is 0 Å². The van der Waals surface area contributed by atoms with E-state index < -0.39 is 50.4 Å². The fourth-order valence-corrected chi connectivity index (χ4v) is 15.5. The summed E-state index contributed by atoms with van der Waals surface area (Å²) in [5.41, 5.74) is 23.5. The van der Waals surface area contributed by atoms with E-state index in [2.05, 4.69) is 130 Å². The Morgan fingerprint density at radius 2 is 0.594 bits per heavy atom. The second-order valence-corrected chi connectivity index (χ2v) is 37.8. The van der Waals surface area contributed by atoms with Gasteiger partial charge in [0.05, 0.1) is 16.1 Å². The molecule has 0 spiro atoms. The van der Waals surface area contributed by atoms with E-state index >= 15 is 0 Å². The summed E-state index contributed by atoms with van der Waals surface area (Å²) < 4.78 is 127. The maximum Gasteiger partial charge on any atom is 0.212 e. The second kappa shape index (κ2) is 30.3. The minimum atomic E-state index is -2.24. The molecule has 12 aromatic rings. The molecule has 0 unspecified atom stereocenters. The van der Waals surface area contributed by atoms with Gasteiger partial charge in [-0.05, 0) is 213 Å². The Morgan fingerprint density at radius 3 is 0.938 bits per heavy atom. The van der Waals surface area contributed by atoms with Crippen LogP contribution in [0.5, 0.6) is 0 Å². The Morgan fingerprint density at radius 1 is 0.260 bits per heavy atom. The van der Waals surface area contributed by atoms with E-state index in [1.807, 2.05) is 212 Å². The largest absolute Gasteiger partial charge is 0.212 e. The van der Waals surface area contributed by atoms with Gasteiger partial charge in [0.2, 0.25) is 22.8 Å². The van der Waals surface area contributed by atoms with Crippen molar-refractivity contribution in [3.63, 3.8) is 0 Å². The van der Waals surface area contributed by atoms with Crippen molar-refractivity contribution in [1.82, 2.24) is 0 Å². The third kappa shape index (κ3) is 16.7. The molecular formula is C90H104N4Si2+4. The quantitative estimate of drug-likeness (QED) is 0.0958. The van der Waals surface area contributed by atoms with Gasteiger partial charge in [-0.25, -0.2) is 18.3 Å². The molecule has 0 saturated heterocycles. The van der Waals surface area contributed by atoms with Crippen molar-refractivity contribution in [2.24, 2.45) is 28.2 Å². The van der Waals surface area contributed by atoms with Crippen molar-refractivity contribution in [1.29, 1.82) is 0 Å². The van der Waals surface area contributed by atoms with Crippen molar-refractivity contribution in [3.05, 3.63) is 298 Å². The molecule has 6 heteroatoms. The van der Waals surface area contributed by atoms with E-state index in [4.69, 9.17) is 20.6 Å². The molecule has 0 aliphatic carbocycles. The molecule has 4 aromatic heterocycles. The zero-order valence-corrected chi connectivity index (χ0v) is 61.2. The third-order valence-electron chi connectivity index (χ3n) is 18.0. The number of hydrogen-bond acceptors (Lipinski definition) is 0. The van der Waals surface area contributed by atoms with E-state index in [0.717, 1.165) is 106 Å². The van der Waals surface area contributed by atoms with Crippen LogP contribution < -0.4 is 28.6 Å². The summed E-state index contributed by atoms with van der Waals surface area (Å²) in [5, 5.41) is 2.85. The smallest absolute Gasteiger partial charge is 0.201 e. The molecule has 4 heterocycles. The summed E-state index contributed by atoms with van der Waals surface area (Å²) in [4.78, 5) is 0. The van der Waals surface area contributed by atoms with Crippen LogP contribution in [0.25, 0.3) is 89.5 Å². The predicted molar refractivity (Wildman–Crippen MR) is 417 cm³/mol. The Hall–Kier alpha value is -9.21. The van der Waals surface area contributed by atoms with Gasteiger partial charge in [0.15, 0.2) is 24.8 Å². The topological polar surface area (TPSA) is 15.5 Å². The van der Waals surface area contributed by atoms with Crippen molar-refractivity contribution in [2.75, 3.05) is 0 Å². The fourth-order valence-electron chi connectivity index (χ4n) is 12.5. The fraction of sp³-hybridized carbons (Fsp3) is 0.244. The van der Waals surface area contributed by atoms with Crippen LogP contribution in [0.15, 0.2) is 231 Å². The molecule has 0 bridgehead atoms. The van der Waals surface area contributed by atoms with E-state index in [0.29, 0.717) is 38.9 Å². The number of hydrogen-bond donors (Lipinski definition) is 0. The molecule has 96 heavy (non-hydrogen) atoms. The van der Waals surface area contributed by atoms with Gasteiger partial charge in [-0.15, -0.1) is 0 Å². The summed E-state index contributed by atoms with van der Waals surface area (Å²) in [6.45, 7) is 17.1. The van der Waals surface area contributed by atoms with Gasteiger partial charge in [0.1, 0.15) is 28.2 Å². The highest BCUT2D eigenvalue weighted by atomic mass is 28.3. The zero-order chi connectivity index (χ0) is 82.0. The number of nitrogens with zero attached hydrogens (tertiary/aromatic N) is 4. The molecule has 0 fully saturated rings. The van der Waals surface area contributed by atoms with E-state index in [1.165, 1.54) is 21.5 Å². The highest BCUT2D eigenvalue weighted by molar-refractivity contribution is 6.89. The van der Waals surface area contributed by atoms with E-state index in [9.17, 15) is 0 Å². The molecule has 0 atom stereocenters. The molecule has 4 nitrogen and oxygen atoms in total. The first-order valence-corrected chi connectivity index (χ1v) is 39.9. The average Bonchev–Trinajstić information content (AvgIpc) is 0.776. The van der Waals surface area contributed by atoms with Gasteiger partial charge in [-0.3, -0.25) is 0 Å². The maximum atomic E-state index is 8.04. The van der Waals surface area contributed by atoms with Crippen molar-refractivity contribution < 1.29 is 38.8 Å². The molecule has 8 aromatic carbocycles. The first-order chi connectivity index (χ1) is 51.5. The SMILES string of the molecule is [2H]C([2H])([2H])c1c[n+](C)c(-c2cc(-c3ccccc3)c(C([2H])([2H])[2H])cc2C)cc1C.[2H]C([2H])([2H])c1cc(C)c(-c2cc(C)c([Si](C)(C)C)c[n+]2C)cc1-c1ccccc1.[2H]C([2H])([2H])c1cc(C)c(-c2cc(C)cc[n+]2C)cc1-c1ccccc1.[2H]C([2H])([2H])c1cc(C)c(-c2ccc([Si](C)(C)C)c[n+]2C)cc1-c1ccccc1. The highest BCUT2D eigenvalue weighted by Crippen LogP contribution is 2.36. The Bertz CT molecular complexity index is 5170. The van der Waals surface area contributed by atoms with Crippen molar-refractivity contribution in [3.8, 4) is 89.5 Å². The normalized spacial score (nSPS) is 14.2. The van der Waals surface area contributed by atoms with Gasteiger partial charge >= 0.3 is 0 Å². The predicted octanol–water partition coefficient (Wildman–Crippen LogP) is 20.2. The molecule has 0 aliphatic rings. The average molecular weight is 1310 g/mol. The Balaban J connectivity index is 0.000000170. The number of aromatic nitrogens is 4. The molecule has 0 radical (unpaired) electrons. The highest BCUT2D eigenvalue weighted by Gasteiger charge is 2.27. The first-order valence-electron chi connectivity index (χ1n) is 40.4. The summed E-state index contributed by atoms with van der Waals surface area (Å²) in [7, 11) is 5.13. The lowest BCUT2D eigenvalue weighted by molar-refractivity contribution is -0.660. The van der Waals surface area contributed by atoms with Gasteiger partial charge in [-0.2, -0.15) is 0 Å². The summed E-state index contributed by atoms with van der Waals surface area (Å²) >= 11 is 0. The van der Waals surface area contributed by atoms with Gasteiger partial charge in [-0.1, -0.05) is 191 Å². The van der Waals surface area contributed by atoms with Gasteiger partial charge in [0, 0.05) is 89.1 Å². The van der Waals surface area contributed by atoms with Crippen LogP contribution >= 0.6 is 0 Å². The second-order valence-electron chi connectivity index (χ2n) is 27.7. The van der Waals surface area contributed by atoms with Crippen LogP contribution in [0.1, 0.15) is 87.3 Å². The minimum absolute atomic E-state index is 0.309. The Labute approximate surface area is 600 Å². The lowest BCUT2D eigenvalue weighted by Crippen LogP contribution is -2.46. The van der Waals surface area contributed by atoms with Crippen LogP contribution in [0.2, 0.25) is 39.3 Å². The zero-order valence-electron chi connectivity index (χ0n) is 74.2. The van der Waals surface area contributed by atoms with Crippen molar-refractivity contribution in [2.45, 2.75) is 122 Å². The lowest BCUT2D eigenvalue weighted by Gasteiger charge is -2.19. The Kier molecular flexibility index (Phi) is 16.7. The first kappa shape index (κ1) is 53.0. The van der Waals surface area contributed by atoms with E-state index in [-0.39, 0.29) is 0 Å². The monoisotopic (exact) mass is 1310 g/mol. The number of rotatable bonds is 10. The molecule has 0 N–H and O–H groups in total. The molecular weight excluding hydrogens is 1190 g/mol. The van der Waals surface area contributed by atoms with Crippen molar-refractivity contribution >= 4 is 26.5 Å². The van der Waals surface area contributed by atoms with Crippen LogP contribution in [-0.2, 0) is 28.2 Å². The van der Waals surface area contributed by atoms with E-state index in [1.54, 1.807) is 23.8 Å². The standard InChI is InChI=1S/C24H30NSi.C23H28NSi.C22H24N.C21H22N/c1-17-13-18(2)22(15-21(17)20-11-9-8-10-12-20)23-14-19(3)24(16-25(23)4)26(5,6)7;1-17-14-18(2)22(15-21(17)19-10-8-7-9-11-19)23-13-12-20(16-24(23)3)25(4,5)6;1-15-12-22(23(5)14-18(15)4)21-13-20(16(2)11-17(21)3)19-9-7-6-8-10-19;1-15-10-11-22(4)21(12-15)20-14-19(16(2)13-17(20)3)18-8-6-5-7-9-18/h8-16H,1-7H3;7-16H,1-6H3;6-14H,1-5H3;5-14H,1-4H3/q4*+1/i2*1D3;2D3,4D3;2D3. The third-order valence-corrected chi connectivity index (χ3v) is 22.1. The molecule has 488 valence electrons. The lowest BCUT2D eigenvalue weighted by atomic mass is 9.93. The molecule has 12 rings (SSSR count). The maximum absolute atomic E-state index is 8.04. The summed E-state index contributed by atoms with van der Waals surface area (Å²) in [6, 6.07) is 66.6. The molecule has 0 saturated carbocycles. The minimum Gasteiger partial charge on any atom is -0.201 e. The molecule has 0 aliphatic heterocycles.